The molecule has 0 spiro atoms. The van der Waals surface area contributed by atoms with Crippen LogP contribution < -0.4 is 5.32 Å². The number of hydrogen-bond acceptors (Lipinski definition) is 5. The molecular formula is C22H26F3N3O4. The molecule has 0 radical (unpaired) electrons. The van der Waals surface area contributed by atoms with Crippen LogP contribution in [0.25, 0.3) is 11.3 Å². The summed E-state index contributed by atoms with van der Waals surface area (Å²) in [6.07, 6.45) is -1.50. The van der Waals surface area contributed by atoms with Crippen LogP contribution in [0, 0.1) is 6.92 Å². The van der Waals surface area contributed by atoms with Crippen molar-refractivity contribution < 1.29 is 32.2 Å². The van der Waals surface area contributed by atoms with E-state index in [1.807, 2.05) is 0 Å². The number of hydrogen-bond donors (Lipinski definition) is 1. The molecule has 2 atom stereocenters. The van der Waals surface area contributed by atoms with Crippen LogP contribution in [0.4, 0.5) is 13.2 Å². The number of halogens is 3. The Bertz CT molecular complexity index is 948. The van der Waals surface area contributed by atoms with E-state index in [0.29, 0.717) is 38.5 Å². The summed E-state index contributed by atoms with van der Waals surface area (Å²) in [5.74, 6) is -0.561. The molecule has 1 amide bonds. The largest absolute Gasteiger partial charge is 0.417 e. The fourth-order valence-electron chi connectivity index (χ4n) is 3.97. The number of rotatable bonds is 6. The van der Waals surface area contributed by atoms with Gasteiger partial charge in [-0.05, 0) is 37.5 Å². The highest BCUT2D eigenvalue weighted by Gasteiger charge is 2.35. The molecule has 0 unspecified atom stereocenters. The Morgan fingerprint density at radius 1 is 1.22 bits per heavy atom. The molecule has 1 N–H and O–H groups in total. The Labute approximate surface area is 183 Å². The van der Waals surface area contributed by atoms with E-state index in [-0.39, 0.29) is 35.6 Å². The fourth-order valence-corrected chi connectivity index (χ4v) is 3.97. The first-order valence-electron chi connectivity index (χ1n) is 10.7. The van der Waals surface area contributed by atoms with E-state index in [2.05, 4.69) is 10.4 Å². The number of amides is 1. The normalized spacial score (nSPS) is 21.6. The van der Waals surface area contributed by atoms with Crippen molar-refractivity contribution in [2.75, 3.05) is 33.0 Å². The molecule has 1 aromatic carbocycles. The van der Waals surface area contributed by atoms with Gasteiger partial charge in [-0.15, -0.1) is 0 Å². The molecule has 2 aliphatic heterocycles. The van der Waals surface area contributed by atoms with Crippen molar-refractivity contribution in [1.82, 2.24) is 15.1 Å². The molecule has 2 saturated heterocycles. The van der Waals surface area contributed by atoms with Crippen LogP contribution in [0.1, 0.15) is 34.3 Å². The van der Waals surface area contributed by atoms with Gasteiger partial charge in [-0.2, -0.15) is 18.3 Å². The zero-order valence-electron chi connectivity index (χ0n) is 17.8. The highest BCUT2D eigenvalue weighted by Crippen LogP contribution is 2.38. The summed E-state index contributed by atoms with van der Waals surface area (Å²) in [6.45, 7) is 4.43. The number of carbonyl (C=O) groups is 1. The number of carbonyl (C=O) groups excluding carboxylic acids is 1. The lowest BCUT2D eigenvalue weighted by Crippen LogP contribution is -2.32. The maximum absolute atomic E-state index is 13.9. The fraction of sp³-hybridized carbons (Fsp3) is 0.545. The number of ether oxygens (including phenoxy) is 3. The zero-order valence-corrected chi connectivity index (χ0v) is 17.8. The Kier molecular flexibility index (Phi) is 6.82. The minimum atomic E-state index is -4.64. The van der Waals surface area contributed by atoms with E-state index in [1.165, 1.54) is 12.1 Å². The third-order valence-corrected chi connectivity index (χ3v) is 5.58. The summed E-state index contributed by atoms with van der Waals surface area (Å²) in [6, 6.07) is 3.59. The van der Waals surface area contributed by atoms with E-state index in [1.54, 1.807) is 17.8 Å². The van der Waals surface area contributed by atoms with Gasteiger partial charge in [-0.1, -0.05) is 6.07 Å². The van der Waals surface area contributed by atoms with E-state index in [0.717, 1.165) is 18.9 Å². The van der Waals surface area contributed by atoms with Crippen molar-refractivity contribution in [3.8, 4) is 11.3 Å². The Hall–Kier alpha value is -2.43. The standard InChI is InChI=1S/C22H26F3N3O4/c1-14-11-28(12-17-13-30-7-8-32-17)27-20(14)18-5-4-15(9-19(18)22(23,24)25)21(29)26-10-16-3-2-6-31-16/h4-5,9,11,16-17H,2-3,6-8,10,12-13H2,1H3,(H,26,29)/t16-,17-/m0/s1. The third-order valence-electron chi connectivity index (χ3n) is 5.58. The summed E-state index contributed by atoms with van der Waals surface area (Å²) in [5, 5.41) is 7.04. The zero-order chi connectivity index (χ0) is 22.7. The molecule has 32 heavy (non-hydrogen) atoms. The highest BCUT2D eigenvalue weighted by molar-refractivity contribution is 5.95. The Balaban J connectivity index is 1.56. The molecule has 2 aromatic rings. The summed E-state index contributed by atoms with van der Waals surface area (Å²) < 4.78 is 59.7. The highest BCUT2D eigenvalue weighted by atomic mass is 19.4. The molecule has 0 saturated carbocycles. The Morgan fingerprint density at radius 2 is 2.03 bits per heavy atom. The predicted octanol–water partition coefficient (Wildman–Crippen LogP) is 3.20. The molecule has 2 aliphatic rings. The smallest absolute Gasteiger partial charge is 0.376 e. The van der Waals surface area contributed by atoms with Crippen molar-refractivity contribution in [1.29, 1.82) is 0 Å². The second-order valence-corrected chi connectivity index (χ2v) is 8.05. The number of nitrogens with zero attached hydrogens (tertiary/aromatic N) is 2. The van der Waals surface area contributed by atoms with E-state index >= 15 is 0 Å². The molecule has 174 valence electrons. The number of aromatic nitrogens is 2. The summed E-state index contributed by atoms with van der Waals surface area (Å²) in [5.41, 5.74) is -0.190. The third kappa shape index (κ3) is 5.31. The van der Waals surface area contributed by atoms with Crippen LogP contribution in [-0.4, -0.2) is 60.9 Å². The predicted molar refractivity (Wildman–Crippen MR) is 109 cm³/mol. The number of nitrogens with one attached hydrogen (secondary N) is 1. The average Bonchev–Trinajstić information content (AvgIpc) is 3.41. The lowest BCUT2D eigenvalue weighted by Gasteiger charge is -2.22. The van der Waals surface area contributed by atoms with Gasteiger partial charge >= 0.3 is 6.18 Å². The van der Waals surface area contributed by atoms with Gasteiger partial charge in [-0.3, -0.25) is 9.48 Å². The second kappa shape index (κ2) is 9.60. The molecule has 4 rings (SSSR count). The lowest BCUT2D eigenvalue weighted by atomic mass is 9.98. The van der Waals surface area contributed by atoms with Crippen LogP contribution in [-0.2, 0) is 26.9 Å². The lowest BCUT2D eigenvalue weighted by molar-refractivity contribution is -0.137. The quantitative estimate of drug-likeness (QED) is 0.727. The van der Waals surface area contributed by atoms with Crippen LogP contribution in [0.5, 0.6) is 0 Å². The van der Waals surface area contributed by atoms with Crippen molar-refractivity contribution in [2.24, 2.45) is 0 Å². The van der Waals surface area contributed by atoms with E-state index in [4.69, 9.17) is 14.2 Å². The molecule has 2 fully saturated rings. The average molecular weight is 453 g/mol. The minimum absolute atomic E-state index is 0.0519. The van der Waals surface area contributed by atoms with Gasteiger partial charge in [0.1, 0.15) is 6.10 Å². The first kappa shape index (κ1) is 22.8. The van der Waals surface area contributed by atoms with Gasteiger partial charge in [0.25, 0.3) is 5.91 Å². The maximum Gasteiger partial charge on any atom is 0.417 e. The molecular weight excluding hydrogens is 427 g/mol. The van der Waals surface area contributed by atoms with Crippen molar-refractivity contribution >= 4 is 5.91 Å². The van der Waals surface area contributed by atoms with E-state index in [9.17, 15) is 18.0 Å². The topological polar surface area (TPSA) is 74.6 Å². The van der Waals surface area contributed by atoms with Crippen molar-refractivity contribution in [3.63, 3.8) is 0 Å². The maximum atomic E-state index is 13.9. The monoisotopic (exact) mass is 453 g/mol. The van der Waals surface area contributed by atoms with Gasteiger partial charge < -0.3 is 19.5 Å². The second-order valence-electron chi connectivity index (χ2n) is 8.05. The molecule has 1 aromatic heterocycles. The Morgan fingerprint density at radius 3 is 2.72 bits per heavy atom. The van der Waals surface area contributed by atoms with Gasteiger partial charge in [0.05, 0.1) is 43.7 Å². The first-order valence-corrected chi connectivity index (χ1v) is 10.7. The molecule has 10 heteroatoms. The summed E-state index contributed by atoms with van der Waals surface area (Å²) >= 11 is 0. The van der Waals surface area contributed by atoms with Crippen LogP contribution in [0.15, 0.2) is 24.4 Å². The number of benzene rings is 1. The van der Waals surface area contributed by atoms with Crippen LogP contribution >= 0.6 is 0 Å². The van der Waals surface area contributed by atoms with Gasteiger partial charge in [0.15, 0.2) is 0 Å². The summed E-state index contributed by atoms with van der Waals surface area (Å²) in [7, 11) is 0. The van der Waals surface area contributed by atoms with Gasteiger partial charge in [0, 0.05) is 30.5 Å². The molecule has 7 nitrogen and oxygen atoms in total. The van der Waals surface area contributed by atoms with Crippen molar-refractivity contribution in [3.05, 3.63) is 41.1 Å². The SMILES string of the molecule is Cc1cn(C[C@H]2COCCO2)nc1-c1ccc(C(=O)NC[C@@H]2CCCO2)cc1C(F)(F)F. The molecule has 3 heterocycles. The van der Waals surface area contributed by atoms with E-state index < -0.39 is 17.6 Å². The van der Waals surface area contributed by atoms with Crippen molar-refractivity contribution in [2.45, 2.75) is 44.7 Å². The number of alkyl halides is 3. The minimum Gasteiger partial charge on any atom is -0.376 e. The van der Waals surface area contributed by atoms with Crippen LogP contribution in [0.3, 0.4) is 0 Å². The van der Waals surface area contributed by atoms with Gasteiger partial charge in [0.2, 0.25) is 0 Å². The van der Waals surface area contributed by atoms with Crippen LogP contribution in [0.2, 0.25) is 0 Å². The molecule has 0 aliphatic carbocycles. The number of aryl methyl sites for hydroxylation is 1. The summed E-state index contributed by atoms with van der Waals surface area (Å²) in [4.78, 5) is 12.4. The molecule has 0 bridgehead atoms. The first-order chi connectivity index (χ1) is 15.3. The van der Waals surface area contributed by atoms with Gasteiger partial charge in [-0.25, -0.2) is 0 Å².